The number of carbonyl (C=O) groups excluding carboxylic acids is 1. The maximum absolute atomic E-state index is 12.0. The van der Waals surface area contributed by atoms with Gasteiger partial charge in [0.15, 0.2) is 15.8 Å². The maximum Gasteiger partial charge on any atom is 0.305 e. The minimum Gasteiger partial charge on any atom is -0.469 e. The van der Waals surface area contributed by atoms with Gasteiger partial charge < -0.3 is 15.0 Å². The third kappa shape index (κ3) is 6.73. The predicted octanol–water partition coefficient (Wildman–Crippen LogP) is 1.42. The first-order valence-corrected chi connectivity index (χ1v) is 9.63. The third-order valence-electron chi connectivity index (χ3n) is 4.12. The first-order valence-electron chi connectivity index (χ1n) is 7.98. The summed E-state index contributed by atoms with van der Waals surface area (Å²) in [5.74, 6) is 0.714. The van der Waals surface area contributed by atoms with Crippen molar-refractivity contribution in [1.29, 1.82) is 0 Å². The van der Waals surface area contributed by atoms with Gasteiger partial charge in [-0.3, -0.25) is 9.79 Å². The van der Waals surface area contributed by atoms with E-state index in [1.807, 2.05) is 4.90 Å². The van der Waals surface area contributed by atoms with Crippen LogP contribution < -0.4 is 5.32 Å². The van der Waals surface area contributed by atoms with Gasteiger partial charge >= 0.3 is 5.97 Å². The summed E-state index contributed by atoms with van der Waals surface area (Å²) in [7, 11) is 0.0540. The maximum atomic E-state index is 12.0. The molecule has 0 radical (unpaired) electrons. The number of sulfone groups is 1. The van der Waals surface area contributed by atoms with E-state index in [9.17, 15) is 13.2 Å². The van der Waals surface area contributed by atoms with E-state index >= 15 is 0 Å². The van der Waals surface area contributed by atoms with Crippen LogP contribution in [-0.2, 0) is 19.4 Å². The Morgan fingerprint density at radius 1 is 1.29 bits per heavy atom. The molecule has 1 heterocycles. The number of carbonyl (C=O) groups is 1. The Morgan fingerprint density at radius 3 is 2.50 bits per heavy atom. The molecule has 0 aliphatic carbocycles. The van der Waals surface area contributed by atoms with Gasteiger partial charge in [0.2, 0.25) is 0 Å². The topological polar surface area (TPSA) is 88.1 Å². The Kier molecular flexibility index (Phi) is 10.2. The van der Waals surface area contributed by atoms with Crippen molar-refractivity contribution in [2.75, 3.05) is 39.5 Å². The number of hydrogen-bond donors (Lipinski definition) is 1. The average molecular weight is 475 g/mol. The molecule has 1 rings (SSSR count). The van der Waals surface area contributed by atoms with Crippen LogP contribution in [0.3, 0.4) is 0 Å². The predicted molar refractivity (Wildman–Crippen MR) is 107 cm³/mol. The summed E-state index contributed by atoms with van der Waals surface area (Å²) in [6.45, 7) is 5.17. The number of unbranched alkanes of at least 4 members (excludes halogenated alkanes) is 2. The minimum atomic E-state index is -3.05. The number of nitrogens with zero attached hydrogens (tertiary/aromatic N) is 2. The van der Waals surface area contributed by atoms with E-state index in [1.54, 1.807) is 20.9 Å². The molecule has 0 aromatic heterocycles. The van der Waals surface area contributed by atoms with Gasteiger partial charge in [-0.1, -0.05) is 6.42 Å². The second-order valence-corrected chi connectivity index (χ2v) is 9.10. The zero-order valence-electron chi connectivity index (χ0n) is 15.0. The lowest BCUT2D eigenvalue weighted by Gasteiger charge is -2.39. The van der Waals surface area contributed by atoms with Crippen molar-refractivity contribution in [2.24, 2.45) is 4.99 Å². The fourth-order valence-corrected chi connectivity index (χ4v) is 3.90. The highest BCUT2D eigenvalue weighted by atomic mass is 127. The molecule has 0 aromatic carbocycles. The molecular weight excluding hydrogens is 445 g/mol. The molecule has 0 amide bonds. The molecule has 142 valence electrons. The molecule has 1 N–H and O–H groups in total. The summed E-state index contributed by atoms with van der Waals surface area (Å²) in [5, 5.41) is 3.27. The monoisotopic (exact) mass is 475 g/mol. The van der Waals surface area contributed by atoms with Crippen LogP contribution >= 0.6 is 24.0 Å². The van der Waals surface area contributed by atoms with Crippen molar-refractivity contribution < 1.29 is 17.9 Å². The zero-order valence-corrected chi connectivity index (χ0v) is 18.1. The first kappa shape index (κ1) is 23.4. The quantitative estimate of drug-likeness (QED) is 0.206. The normalized spacial score (nSPS) is 19.3. The average Bonchev–Trinajstić information content (AvgIpc) is 2.49. The Morgan fingerprint density at radius 2 is 1.96 bits per heavy atom. The fourth-order valence-electron chi connectivity index (χ4n) is 2.53. The number of guanidine groups is 1. The number of halogens is 1. The Bertz CT molecular complexity index is 535. The Balaban J connectivity index is 0.00000529. The second kappa shape index (κ2) is 10.4. The van der Waals surface area contributed by atoms with Gasteiger partial charge in [-0.25, -0.2) is 8.42 Å². The van der Waals surface area contributed by atoms with Crippen molar-refractivity contribution in [3.05, 3.63) is 0 Å². The van der Waals surface area contributed by atoms with Crippen LogP contribution in [0.25, 0.3) is 0 Å². The van der Waals surface area contributed by atoms with Gasteiger partial charge in [-0.05, 0) is 26.7 Å². The molecule has 9 heteroatoms. The van der Waals surface area contributed by atoms with Crippen LogP contribution in [0.15, 0.2) is 4.99 Å². The number of nitrogens with one attached hydrogen (secondary N) is 1. The fraction of sp³-hybridized carbons (Fsp3) is 0.867. The summed E-state index contributed by atoms with van der Waals surface area (Å²) in [6.07, 6.45) is 3.11. The lowest BCUT2D eigenvalue weighted by atomic mass is 10.2. The Labute approximate surface area is 162 Å². The summed E-state index contributed by atoms with van der Waals surface area (Å²) in [5.41, 5.74) is 0. The van der Waals surface area contributed by atoms with Crippen LogP contribution in [-0.4, -0.2) is 69.5 Å². The highest BCUT2D eigenvalue weighted by Gasteiger charge is 2.40. The lowest BCUT2D eigenvalue weighted by molar-refractivity contribution is -0.140. The van der Waals surface area contributed by atoms with E-state index in [0.29, 0.717) is 19.5 Å². The SMILES string of the molecule is CN=C(NCCCCCC(=O)OC)N1CCS(=O)(=O)C(C)(C)C1.I. The van der Waals surface area contributed by atoms with Gasteiger partial charge in [-0.15, -0.1) is 24.0 Å². The zero-order chi connectivity index (χ0) is 17.5. The molecule has 1 saturated heterocycles. The highest BCUT2D eigenvalue weighted by molar-refractivity contribution is 14.0. The summed E-state index contributed by atoms with van der Waals surface area (Å²) in [6, 6.07) is 0. The van der Waals surface area contributed by atoms with Crippen molar-refractivity contribution >= 4 is 45.7 Å². The Hall–Kier alpha value is -0.580. The van der Waals surface area contributed by atoms with Gasteiger partial charge in [-0.2, -0.15) is 0 Å². The molecule has 0 saturated carbocycles. The van der Waals surface area contributed by atoms with E-state index in [4.69, 9.17) is 0 Å². The molecule has 0 atom stereocenters. The number of esters is 1. The highest BCUT2D eigenvalue weighted by Crippen LogP contribution is 2.23. The van der Waals surface area contributed by atoms with Crippen LogP contribution in [0, 0.1) is 0 Å². The first-order chi connectivity index (χ1) is 10.7. The van der Waals surface area contributed by atoms with Crippen LogP contribution in [0.5, 0.6) is 0 Å². The smallest absolute Gasteiger partial charge is 0.305 e. The number of hydrogen-bond acceptors (Lipinski definition) is 5. The number of aliphatic imine (C=N–C) groups is 1. The number of rotatable bonds is 6. The molecule has 24 heavy (non-hydrogen) atoms. The van der Waals surface area contributed by atoms with Crippen molar-refractivity contribution in [3.63, 3.8) is 0 Å². The van der Waals surface area contributed by atoms with Crippen LogP contribution in [0.4, 0.5) is 0 Å². The summed E-state index contributed by atoms with van der Waals surface area (Å²) in [4.78, 5) is 17.2. The molecule has 7 nitrogen and oxygen atoms in total. The summed E-state index contributed by atoms with van der Waals surface area (Å²) >= 11 is 0. The minimum absolute atomic E-state index is 0. The summed E-state index contributed by atoms with van der Waals surface area (Å²) < 4.78 is 27.9. The second-order valence-electron chi connectivity index (χ2n) is 6.36. The molecule has 1 aliphatic rings. The van der Waals surface area contributed by atoms with Gasteiger partial charge in [0, 0.05) is 33.1 Å². The third-order valence-corrected chi connectivity index (χ3v) is 6.66. The van der Waals surface area contributed by atoms with E-state index in [0.717, 1.165) is 31.8 Å². The van der Waals surface area contributed by atoms with E-state index in [2.05, 4.69) is 15.0 Å². The van der Waals surface area contributed by atoms with E-state index in [1.165, 1.54) is 7.11 Å². The number of methoxy groups -OCH3 is 1. The molecular formula is C15H30IN3O4S. The van der Waals surface area contributed by atoms with Gasteiger partial charge in [0.1, 0.15) is 0 Å². The molecule has 1 fully saturated rings. The van der Waals surface area contributed by atoms with Gasteiger partial charge in [0.05, 0.1) is 17.6 Å². The molecule has 0 spiro atoms. The van der Waals surface area contributed by atoms with Crippen LogP contribution in [0.2, 0.25) is 0 Å². The molecule has 0 aromatic rings. The lowest BCUT2D eigenvalue weighted by Crippen LogP contribution is -2.57. The standard InChI is InChI=1S/C15H29N3O4S.HI/c1-15(2)12-18(10-11-23(15,20)21)14(16-3)17-9-7-5-6-8-13(19)22-4;/h5-12H2,1-4H3,(H,16,17);1H. The molecule has 1 aliphatic heterocycles. The van der Waals surface area contributed by atoms with Crippen molar-refractivity contribution in [2.45, 2.75) is 44.3 Å². The largest absolute Gasteiger partial charge is 0.469 e. The van der Waals surface area contributed by atoms with Crippen molar-refractivity contribution in [3.8, 4) is 0 Å². The number of ether oxygens (including phenoxy) is 1. The van der Waals surface area contributed by atoms with Crippen molar-refractivity contribution in [1.82, 2.24) is 10.2 Å². The molecule has 0 bridgehead atoms. The van der Waals surface area contributed by atoms with E-state index < -0.39 is 14.6 Å². The van der Waals surface area contributed by atoms with Crippen LogP contribution in [0.1, 0.15) is 39.5 Å². The van der Waals surface area contributed by atoms with Gasteiger partial charge in [0.25, 0.3) is 0 Å². The van der Waals surface area contributed by atoms with E-state index in [-0.39, 0.29) is 35.7 Å². The molecule has 0 unspecified atom stereocenters.